The molecule has 5 rings (SSSR count). The number of H-pyrrole nitrogens is 2. The number of fused-ring (bicyclic) bond motifs is 2. The summed E-state index contributed by atoms with van der Waals surface area (Å²) in [5.74, 6) is 0.263. The normalized spacial score (nSPS) is 12.0. The lowest BCUT2D eigenvalue weighted by Gasteiger charge is -2.14. The molecule has 0 saturated heterocycles. The molecule has 0 amide bonds. The van der Waals surface area contributed by atoms with Gasteiger partial charge in [-0.1, -0.05) is 0 Å². The SMILES string of the molecule is FC(F)(F)c1ccc(Nc2ccc3nc[nH]c3c2)nc1-c1[nH]nc2ncccc12. The molecule has 0 saturated carbocycles. The maximum absolute atomic E-state index is 13.6. The monoisotopic (exact) mass is 395 g/mol. The van der Waals surface area contributed by atoms with Crippen molar-refractivity contribution in [3.8, 4) is 11.4 Å². The third kappa shape index (κ3) is 3.04. The predicted octanol–water partition coefficient (Wildman–Crippen LogP) is 4.66. The molecule has 4 aromatic heterocycles. The number of benzene rings is 1. The molecule has 0 aliphatic heterocycles. The first-order valence-corrected chi connectivity index (χ1v) is 8.57. The smallest absolute Gasteiger partial charge is 0.345 e. The van der Waals surface area contributed by atoms with E-state index in [4.69, 9.17) is 0 Å². The Bertz CT molecular complexity index is 1340. The van der Waals surface area contributed by atoms with Crippen LogP contribution in [-0.2, 0) is 6.18 Å². The third-order valence-electron chi connectivity index (χ3n) is 4.46. The van der Waals surface area contributed by atoms with Crippen LogP contribution in [0.4, 0.5) is 24.7 Å². The number of anilines is 2. The van der Waals surface area contributed by atoms with Crippen LogP contribution in [0, 0.1) is 0 Å². The van der Waals surface area contributed by atoms with Gasteiger partial charge in [-0.15, -0.1) is 0 Å². The summed E-state index contributed by atoms with van der Waals surface area (Å²) in [7, 11) is 0. The second-order valence-electron chi connectivity index (χ2n) is 6.32. The quantitative estimate of drug-likeness (QED) is 0.413. The maximum atomic E-state index is 13.6. The van der Waals surface area contributed by atoms with Crippen molar-refractivity contribution in [2.24, 2.45) is 0 Å². The Kier molecular flexibility index (Phi) is 3.73. The number of hydrogen-bond donors (Lipinski definition) is 3. The topological polar surface area (TPSA) is 95.2 Å². The van der Waals surface area contributed by atoms with E-state index in [0.717, 1.165) is 17.1 Å². The highest BCUT2D eigenvalue weighted by molar-refractivity contribution is 5.91. The largest absolute Gasteiger partial charge is 0.418 e. The first kappa shape index (κ1) is 17.2. The fourth-order valence-corrected chi connectivity index (χ4v) is 3.14. The van der Waals surface area contributed by atoms with Crippen molar-refractivity contribution in [3.63, 3.8) is 0 Å². The number of imidazole rings is 1. The minimum atomic E-state index is -4.57. The van der Waals surface area contributed by atoms with Crippen LogP contribution in [0.3, 0.4) is 0 Å². The molecule has 7 nitrogen and oxygen atoms in total. The predicted molar refractivity (Wildman–Crippen MR) is 101 cm³/mol. The van der Waals surface area contributed by atoms with Crippen molar-refractivity contribution in [1.29, 1.82) is 0 Å². The van der Waals surface area contributed by atoms with Gasteiger partial charge in [-0.25, -0.2) is 15.0 Å². The second kappa shape index (κ2) is 6.30. The number of hydrogen-bond acceptors (Lipinski definition) is 5. The molecule has 5 aromatic rings. The number of pyridine rings is 2. The van der Waals surface area contributed by atoms with E-state index in [0.29, 0.717) is 16.7 Å². The molecule has 0 spiro atoms. The molecule has 0 aliphatic rings. The number of halogens is 3. The lowest BCUT2D eigenvalue weighted by molar-refractivity contribution is -0.137. The van der Waals surface area contributed by atoms with E-state index >= 15 is 0 Å². The minimum absolute atomic E-state index is 0.160. The number of nitrogens with one attached hydrogen (secondary N) is 3. The Morgan fingerprint density at radius 3 is 2.76 bits per heavy atom. The van der Waals surface area contributed by atoms with Crippen LogP contribution in [0.2, 0.25) is 0 Å². The molecule has 29 heavy (non-hydrogen) atoms. The van der Waals surface area contributed by atoms with Gasteiger partial charge in [0.25, 0.3) is 0 Å². The zero-order chi connectivity index (χ0) is 20.0. The summed E-state index contributed by atoms with van der Waals surface area (Å²) in [5.41, 5.74) is 1.62. The Morgan fingerprint density at radius 2 is 1.90 bits per heavy atom. The van der Waals surface area contributed by atoms with Gasteiger partial charge in [-0.2, -0.15) is 18.3 Å². The Balaban J connectivity index is 1.62. The van der Waals surface area contributed by atoms with Crippen LogP contribution in [-0.4, -0.2) is 30.1 Å². The van der Waals surface area contributed by atoms with Crippen LogP contribution in [0.15, 0.2) is 55.0 Å². The standard InChI is InChI=1S/C19H12F3N7/c20-19(21,22)12-4-6-15(26-10-3-5-13-14(8-10)25-9-24-13)27-17(12)16-11-2-1-7-23-18(11)29-28-16/h1-9H,(H,24,25)(H,26,27)(H,23,28,29). The fourth-order valence-electron chi connectivity index (χ4n) is 3.14. The van der Waals surface area contributed by atoms with E-state index in [9.17, 15) is 13.2 Å². The van der Waals surface area contributed by atoms with Crippen molar-refractivity contribution in [3.05, 3.63) is 60.6 Å². The van der Waals surface area contributed by atoms with Crippen LogP contribution >= 0.6 is 0 Å². The van der Waals surface area contributed by atoms with Crippen molar-refractivity contribution < 1.29 is 13.2 Å². The number of rotatable bonds is 3. The molecular weight excluding hydrogens is 383 g/mol. The Labute approximate surface area is 161 Å². The zero-order valence-electron chi connectivity index (χ0n) is 14.6. The number of alkyl halides is 3. The first-order chi connectivity index (χ1) is 14.0. The van der Waals surface area contributed by atoms with Crippen molar-refractivity contribution in [1.82, 2.24) is 30.1 Å². The van der Waals surface area contributed by atoms with Gasteiger partial charge >= 0.3 is 6.18 Å². The average Bonchev–Trinajstić information content (AvgIpc) is 3.33. The van der Waals surface area contributed by atoms with Gasteiger partial charge in [0.1, 0.15) is 11.5 Å². The summed E-state index contributed by atoms with van der Waals surface area (Å²) in [6.45, 7) is 0. The number of aromatic nitrogens is 6. The van der Waals surface area contributed by atoms with Crippen molar-refractivity contribution >= 4 is 33.6 Å². The average molecular weight is 395 g/mol. The molecule has 0 radical (unpaired) electrons. The number of nitrogens with zero attached hydrogens (tertiary/aromatic N) is 4. The highest BCUT2D eigenvalue weighted by Crippen LogP contribution is 2.38. The summed E-state index contributed by atoms with van der Waals surface area (Å²) in [5, 5.41) is 10.1. The van der Waals surface area contributed by atoms with Crippen molar-refractivity contribution in [2.75, 3.05) is 5.32 Å². The lowest BCUT2D eigenvalue weighted by atomic mass is 10.1. The highest BCUT2D eigenvalue weighted by Gasteiger charge is 2.35. The van der Waals surface area contributed by atoms with Crippen molar-refractivity contribution in [2.45, 2.75) is 6.18 Å². The van der Waals surface area contributed by atoms with Gasteiger partial charge in [0.2, 0.25) is 0 Å². The van der Waals surface area contributed by atoms with Crippen LogP contribution < -0.4 is 5.32 Å². The fraction of sp³-hybridized carbons (Fsp3) is 0.0526. The Hall–Kier alpha value is -3.95. The van der Waals surface area contributed by atoms with Gasteiger partial charge in [0, 0.05) is 17.3 Å². The zero-order valence-corrected chi connectivity index (χ0v) is 14.6. The molecule has 144 valence electrons. The molecular formula is C19H12F3N7. The van der Waals surface area contributed by atoms with Gasteiger partial charge in [0.05, 0.1) is 28.6 Å². The summed E-state index contributed by atoms with van der Waals surface area (Å²) in [6.07, 6.45) is -1.48. The molecule has 0 unspecified atom stereocenters. The summed E-state index contributed by atoms with van der Waals surface area (Å²) in [4.78, 5) is 15.4. The summed E-state index contributed by atoms with van der Waals surface area (Å²) < 4.78 is 40.8. The molecule has 0 fully saturated rings. The van der Waals surface area contributed by atoms with Gasteiger partial charge < -0.3 is 10.3 Å². The second-order valence-corrected chi connectivity index (χ2v) is 6.32. The molecule has 0 atom stereocenters. The molecule has 10 heteroatoms. The maximum Gasteiger partial charge on any atom is 0.418 e. The summed E-state index contributed by atoms with van der Waals surface area (Å²) in [6, 6.07) is 11.0. The molecule has 0 bridgehead atoms. The molecule has 1 aromatic carbocycles. The Morgan fingerprint density at radius 1 is 1.00 bits per heavy atom. The highest BCUT2D eigenvalue weighted by atomic mass is 19.4. The third-order valence-corrected chi connectivity index (χ3v) is 4.46. The number of aromatic amines is 2. The lowest BCUT2D eigenvalue weighted by Crippen LogP contribution is -2.10. The van der Waals surface area contributed by atoms with Gasteiger partial charge in [-0.05, 0) is 42.5 Å². The van der Waals surface area contributed by atoms with E-state index in [1.165, 1.54) is 12.3 Å². The molecule has 3 N–H and O–H groups in total. The van der Waals surface area contributed by atoms with Crippen LogP contribution in [0.1, 0.15) is 5.56 Å². The van der Waals surface area contributed by atoms with E-state index in [1.807, 2.05) is 0 Å². The van der Waals surface area contributed by atoms with E-state index in [1.54, 1.807) is 36.7 Å². The van der Waals surface area contributed by atoms with Gasteiger partial charge in [-0.3, -0.25) is 5.10 Å². The van der Waals surface area contributed by atoms with E-state index < -0.39 is 11.7 Å². The van der Waals surface area contributed by atoms with Crippen LogP contribution in [0.5, 0.6) is 0 Å². The van der Waals surface area contributed by atoms with E-state index in [-0.39, 0.29) is 17.2 Å². The molecule has 4 heterocycles. The summed E-state index contributed by atoms with van der Waals surface area (Å²) >= 11 is 0. The molecule has 0 aliphatic carbocycles. The van der Waals surface area contributed by atoms with Gasteiger partial charge in [0.15, 0.2) is 5.65 Å². The minimum Gasteiger partial charge on any atom is -0.345 e. The first-order valence-electron chi connectivity index (χ1n) is 8.57. The van der Waals surface area contributed by atoms with E-state index in [2.05, 4.69) is 35.5 Å². The van der Waals surface area contributed by atoms with Crippen LogP contribution in [0.25, 0.3) is 33.5 Å².